The number of nitrogens with zero attached hydrogens (tertiary/aromatic N) is 1. The Bertz CT molecular complexity index is 262. The highest BCUT2D eigenvalue weighted by Crippen LogP contribution is 2.24. The van der Waals surface area contributed by atoms with Crippen LogP contribution in [0.15, 0.2) is 0 Å². The number of rotatable bonds is 9. The van der Waals surface area contributed by atoms with Gasteiger partial charge in [0, 0.05) is 19.1 Å². The van der Waals surface area contributed by atoms with Crippen LogP contribution in [0.5, 0.6) is 0 Å². The molecule has 1 aliphatic rings. The maximum Gasteiger partial charge on any atom is 0.235 e. The molecule has 1 amide bonds. The molecule has 1 rings (SSSR count). The van der Waals surface area contributed by atoms with Crippen molar-refractivity contribution in [2.24, 2.45) is 11.7 Å². The summed E-state index contributed by atoms with van der Waals surface area (Å²) in [6.07, 6.45) is 6.21. The van der Waals surface area contributed by atoms with E-state index in [1.54, 1.807) is 0 Å². The average molecular weight is 269 g/mol. The van der Waals surface area contributed by atoms with Gasteiger partial charge in [-0.25, -0.2) is 0 Å². The van der Waals surface area contributed by atoms with Crippen molar-refractivity contribution in [3.8, 4) is 0 Å². The average Bonchev–Trinajstić information content (AvgIpc) is 2.85. The Labute approximate surface area is 118 Å². The Hall–Kier alpha value is -0.610. The SMILES string of the molecule is CCCNC(CN(CC(C)C)C1CCCC1)C(N)=O. The zero-order chi connectivity index (χ0) is 14.3. The molecule has 1 unspecified atom stereocenters. The lowest BCUT2D eigenvalue weighted by molar-refractivity contribution is -0.120. The van der Waals surface area contributed by atoms with Crippen molar-refractivity contribution in [1.29, 1.82) is 0 Å². The topological polar surface area (TPSA) is 58.4 Å². The van der Waals surface area contributed by atoms with E-state index < -0.39 is 0 Å². The lowest BCUT2D eigenvalue weighted by atomic mass is 10.1. The van der Waals surface area contributed by atoms with Gasteiger partial charge >= 0.3 is 0 Å². The van der Waals surface area contributed by atoms with Gasteiger partial charge in [-0.05, 0) is 31.7 Å². The Morgan fingerprint density at radius 2 is 1.95 bits per heavy atom. The summed E-state index contributed by atoms with van der Waals surface area (Å²) in [6, 6.07) is 0.437. The Morgan fingerprint density at radius 3 is 2.42 bits per heavy atom. The van der Waals surface area contributed by atoms with E-state index in [0.29, 0.717) is 12.0 Å². The first-order chi connectivity index (χ1) is 9.04. The molecule has 0 aliphatic heterocycles. The fourth-order valence-corrected chi connectivity index (χ4v) is 2.92. The molecule has 112 valence electrons. The number of nitrogens with two attached hydrogens (primary N) is 1. The first kappa shape index (κ1) is 16.4. The highest BCUT2D eigenvalue weighted by Gasteiger charge is 2.27. The molecule has 1 fully saturated rings. The second-order valence-electron chi connectivity index (χ2n) is 6.20. The maximum atomic E-state index is 11.6. The van der Waals surface area contributed by atoms with Crippen molar-refractivity contribution < 1.29 is 4.79 Å². The molecule has 0 saturated heterocycles. The molecule has 3 N–H and O–H groups in total. The van der Waals surface area contributed by atoms with Gasteiger partial charge in [0.25, 0.3) is 0 Å². The molecule has 0 bridgehead atoms. The van der Waals surface area contributed by atoms with Crippen LogP contribution in [0.25, 0.3) is 0 Å². The van der Waals surface area contributed by atoms with Gasteiger partial charge in [-0.3, -0.25) is 9.69 Å². The van der Waals surface area contributed by atoms with Gasteiger partial charge in [-0.15, -0.1) is 0 Å². The van der Waals surface area contributed by atoms with Gasteiger partial charge < -0.3 is 11.1 Å². The number of primary amides is 1. The van der Waals surface area contributed by atoms with E-state index in [4.69, 9.17) is 5.73 Å². The van der Waals surface area contributed by atoms with E-state index in [-0.39, 0.29) is 11.9 Å². The van der Waals surface area contributed by atoms with E-state index in [2.05, 4.69) is 31.0 Å². The van der Waals surface area contributed by atoms with E-state index in [9.17, 15) is 4.79 Å². The number of carbonyl (C=O) groups is 1. The fraction of sp³-hybridized carbons (Fsp3) is 0.933. The molecule has 0 heterocycles. The van der Waals surface area contributed by atoms with Crippen molar-refractivity contribution in [3.05, 3.63) is 0 Å². The molecule has 0 radical (unpaired) electrons. The van der Waals surface area contributed by atoms with Crippen LogP contribution >= 0.6 is 0 Å². The van der Waals surface area contributed by atoms with Gasteiger partial charge in [0.2, 0.25) is 5.91 Å². The van der Waals surface area contributed by atoms with E-state index in [0.717, 1.165) is 26.1 Å². The zero-order valence-corrected chi connectivity index (χ0v) is 12.8. The number of hydrogen-bond acceptors (Lipinski definition) is 3. The highest BCUT2D eigenvalue weighted by molar-refractivity contribution is 5.80. The Kier molecular flexibility index (Phi) is 7.39. The minimum absolute atomic E-state index is 0.209. The van der Waals surface area contributed by atoms with Crippen LogP contribution in [0.2, 0.25) is 0 Å². The van der Waals surface area contributed by atoms with Crippen LogP contribution in [0.4, 0.5) is 0 Å². The van der Waals surface area contributed by atoms with Crippen LogP contribution in [-0.4, -0.2) is 42.5 Å². The van der Waals surface area contributed by atoms with Crippen molar-refractivity contribution >= 4 is 5.91 Å². The lowest BCUT2D eigenvalue weighted by Crippen LogP contribution is -2.52. The molecule has 4 nitrogen and oxygen atoms in total. The minimum Gasteiger partial charge on any atom is -0.368 e. The Balaban J connectivity index is 2.58. The number of hydrogen-bond donors (Lipinski definition) is 2. The summed E-state index contributed by atoms with van der Waals surface area (Å²) >= 11 is 0. The monoisotopic (exact) mass is 269 g/mol. The zero-order valence-electron chi connectivity index (χ0n) is 12.8. The first-order valence-electron chi connectivity index (χ1n) is 7.81. The van der Waals surface area contributed by atoms with Crippen molar-refractivity contribution in [2.45, 2.75) is 65.0 Å². The summed E-state index contributed by atoms with van der Waals surface area (Å²) < 4.78 is 0. The third-order valence-electron chi connectivity index (χ3n) is 3.84. The second kappa shape index (κ2) is 8.54. The van der Waals surface area contributed by atoms with Gasteiger partial charge in [0.1, 0.15) is 0 Å². The summed E-state index contributed by atoms with van der Waals surface area (Å²) in [4.78, 5) is 14.1. The fourth-order valence-electron chi connectivity index (χ4n) is 2.92. The predicted octanol–water partition coefficient (Wildman–Crippen LogP) is 1.74. The van der Waals surface area contributed by atoms with Crippen molar-refractivity contribution in [3.63, 3.8) is 0 Å². The normalized spacial score (nSPS) is 18.4. The molecule has 1 atom stereocenters. The van der Waals surface area contributed by atoms with Gasteiger partial charge in [0.15, 0.2) is 0 Å². The number of nitrogens with one attached hydrogen (secondary N) is 1. The first-order valence-corrected chi connectivity index (χ1v) is 7.81. The summed E-state index contributed by atoms with van der Waals surface area (Å²) in [6.45, 7) is 9.25. The lowest BCUT2D eigenvalue weighted by Gasteiger charge is -2.33. The van der Waals surface area contributed by atoms with Crippen molar-refractivity contribution in [1.82, 2.24) is 10.2 Å². The molecule has 4 heteroatoms. The molecule has 1 aliphatic carbocycles. The van der Waals surface area contributed by atoms with Crippen molar-refractivity contribution in [2.75, 3.05) is 19.6 Å². The molecule has 1 saturated carbocycles. The second-order valence-corrected chi connectivity index (χ2v) is 6.20. The third kappa shape index (κ3) is 5.91. The summed E-state index contributed by atoms with van der Waals surface area (Å²) in [5, 5.41) is 3.28. The molecular weight excluding hydrogens is 238 g/mol. The van der Waals surface area contributed by atoms with E-state index in [1.165, 1.54) is 25.7 Å². The third-order valence-corrected chi connectivity index (χ3v) is 3.84. The molecule has 0 aromatic rings. The van der Waals surface area contributed by atoms with Gasteiger partial charge in [0.05, 0.1) is 6.04 Å². The molecule has 19 heavy (non-hydrogen) atoms. The summed E-state index contributed by atoms with van der Waals surface area (Å²) in [5.74, 6) is 0.403. The van der Waals surface area contributed by atoms with Crippen LogP contribution in [-0.2, 0) is 4.79 Å². The van der Waals surface area contributed by atoms with E-state index >= 15 is 0 Å². The van der Waals surface area contributed by atoms with Crippen LogP contribution in [0.3, 0.4) is 0 Å². The molecular formula is C15H31N3O. The van der Waals surface area contributed by atoms with Crippen LogP contribution < -0.4 is 11.1 Å². The predicted molar refractivity (Wildman–Crippen MR) is 79.9 cm³/mol. The quantitative estimate of drug-likeness (QED) is 0.670. The molecule has 0 aromatic heterocycles. The maximum absolute atomic E-state index is 11.6. The Morgan fingerprint density at radius 1 is 1.32 bits per heavy atom. The number of carbonyl (C=O) groups excluding carboxylic acids is 1. The smallest absolute Gasteiger partial charge is 0.235 e. The van der Waals surface area contributed by atoms with Crippen LogP contribution in [0.1, 0.15) is 52.9 Å². The largest absolute Gasteiger partial charge is 0.368 e. The van der Waals surface area contributed by atoms with Gasteiger partial charge in [-0.2, -0.15) is 0 Å². The summed E-state index contributed by atoms with van der Waals surface area (Å²) in [5.41, 5.74) is 5.53. The van der Waals surface area contributed by atoms with Crippen LogP contribution in [0, 0.1) is 5.92 Å². The molecule has 0 spiro atoms. The number of amides is 1. The minimum atomic E-state index is -0.222. The standard InChI is InChI=1S/C15H31N3O/c1-4-9-17-14(15(16)19)11-18(10-12(2)3)13-7-5-6-8-13/h12-14,17H,4-11H2,1-3H3,(H2,16,19). The molecule has 0 aromatic carbocycles. The summed E-state index contributed by atoms with van der Waals surface area (Å²) in [7, 11) is 0. The van der Waals surface area contributed by atoms with Gasteiger partial charge in [-0.1, -0.05) is 33.6 Å². The highest BCUT2D eigenvalue weighted by atomic mass is 16.1. The van der Waals surface area contributed by atoms with E-state index in [1.807, 2.05) is 0 Å².